The standard InChI is InChI=1S/C15H20ClNO2/c1-5-12(10-6-8-11(16)9-7-10)13(17)14(18)19-15(2,3)4/h5-9,12-13H,1,17H2,2-4H3/t12-,13-/m0/s1. The first-order valence-corrected chi connectivity index (χ1v) is 6.49. The highest BCUT2D eigenvalue weighted by Gasteiger charge is 2.28. The molecule has 1 aromatic carbocycles. The second-order valence-electron chi connectivity index (χ2n) is 5.37. The number of carbonyl (C=O) groups excluding carboxylic acids is 1. The van der Waals surface area contributed by atoms with Crippen molar-refractivity contribution in [2.75, 3.05) is 0 Å². The van der Waals surface area contributed by atoms with Gasteiger partial charge < -0.3 is 10.5 Å². The third kappa shape index (κ3) is 4.69. The Balaban J connectivity index is 2.88. The number of esters is 1. The number of nitrogens with two attached hydrogens (primary N) is 1. The Kier molecular flexibility index (Phi) is 5.15. The van der Waals surface area contributed by atoms with Crippen molar-refractivity contribution in [3.8, 4) is 0 Å². The van der Waals surface area contributed by atoms with Crippen molar-refractivity contribution in [1.29, 1.82) is 0 Å². The van der Waals surface area contributed by atoms with E-state index in [0.717, 1.165) is 5.56 Å². The molecule has 0 bridgehead atoms. The maximum atomic E-state index is 12.0. The van der Waals surface area contributed by atoms with E-state index in [1.165, 1.54) is 0 Å². The van der Waals surface area contributed by atoms with Gasteiger partial charge in [-0.05, 0) is 38.5 Å². The Morgan fingerprint density at radius 3 is 2.32 bits per heavy atom. The van der Waals surface area contributed by atoms with Gasteiger partial charge in [-0.2, -0.15) is 0 Å². The minimum Gasteiger partial charge on any atom is -0.459 e. The van der Waals surface area contributed by atoms with E-state index in [9.17, 15) is 4.79 Å². The lowest BCUT2D eigenvalue weighted by molar-refractivity contribution is -0.156. The molecule has 0 radical (unpaired) electrons. The molecule has 0 fully saturated rings. The van der Waals surface area contributed by atoms with Crippen molar-refractivity contribution in [1.82, 2.24) is 0 Å². The summed E-state index contributed by atoms with van der Waals surface area (Å²) in [5.74, 6) is -0.737. The van der Waals surface area contributed by atoms with Crippen LogP contribution in [0.4, 0.5) is 0 Å². The van der Waals surface area contributed by atoms with Gasteiger partial charge in [0, 0.05) is 10.9 Å². The fraction of sp³-hybridized carbons (Fsp3) is 0.400. The van der Waals surface area contributed by atoms with Crippen LogP contribution in [0.2, 0.25) is 5.02 Å². The van der Waals surface area contributed by atoms with Gasteiger partial charge in [0.15, 0.2) is 0 Å². The lowest BCUT2D eigenvalue weighted by atomic mass is 9.92. The van der Waals surface area contributed by atoms with Gasteiger partial charge in [-0.25, -0.2) is 0 Å². The molecule has 0 aromatic heterocycles. The fourth-order valence-electron chi connectivity index (χ4n) is 1.69. The van der Waals surface area contributed by atoms with Gasteiger partial charge in [-0.15, -0.1) is 6.58 Å². The molecular formula is C15H20ClNO2. The van der Waals surface area contributed by atoms with Crippen LogP contribution in [-0.4, -0.2) is 17.6 Å². The Morgan fingerprint density at radius 2 is 1.89 bits per heavy atom. The van der Waals surface area contributed by atoms with Crippen LogP contribution in [0, 0.1) is 0 Å². The van der Waals surface area contributed by atoms with E-state index in [1.54, 1.807) is 18.2 Å². The SMILES string of the molecule is C=C[C@@H](c1ccc(Cl)cc1)[C@H](N)C(=O)OC(C)(C)C. The van der Waals surface area contributed by atoms with E-state index >= 15 is 0 Å². The number of carbonyl (C=O) groups is 1. The monoisotopic (exact) mass is 281 g/mol. The molecule has 3 nitrogen and oxygen atoms in total. The van der Waals surface area contributed by atoms with Gasteiger partial charge in [0.05, 0.1) is 0 Å². The van der Waals surface area contributed by atoms with E-state index in [4.69, 9.17) is 22.1 Å². The van der Waals surface area contributed by atoms with Crippen molar-refractivity contribution in [2.45, 2.75) is 38.3 Å². The molecular weight excluding hydrogens is 262 g/mol. The van der Waals surface area contributed by atoms with Crippen LogP contribution in [-0.2, 0) is 9.53 Å². The van der Waals surface area contributed by atoms with Gasteiger partial charge in [-0.1, -0.05) is 29.8 Å². The first kappa shape index (κ1) is 15.7. The highest BCUT2D eigenvalue weighted by atomic mass is 35.5. The van der Waals surface area contributed by atoms with Crippen LogP contribution < -0.4 is 5.73 Å². The Morgan fingerprint density at radius 1 is 1.37 bits per heavy atom. The summed E-state index contributed by atoms with van der Waals surface area (Å²) in [4.78, 5) is 12.0. The van der Waals surface area contributed by atoms with Crippen LogP contribution in [0.3, 0.4) is 0 Å². The average molecular weight is 282 g/mol. The predicted octanol–water partition coefficient (Wildman–Crippen LogP) is 3.28. The molecule has 19 heavy (non-hydrogen) atoms. The number of hydrogen-bond acceptors (Lipinski definition) is 3. The normalized spacial score (nSPS) is 14.6. The first-order chi connectivity index (χ1) is 8.74. The summed E-state index contributed by atoms with van der Waals surface area (Å²) in [6.07, 6.45) is 1.65. The van der Waals surface area contributed by atoms with Crippen LogP contribution in [0.1, 0.15) is 32.3 Å². The topological polar surface area (TPSA) is 52.3 Å². The summed E-state index contributed by atoms with van der Waals surface area (Å²) in [6.45, 7) is 9.16. The lowest BCUT2D eigenvalue weighted by Crippen LogP contribution is -2.41. The molecule has 0 aliphatic heterocycles. The minimum absolute atomic E-state index is 0.299. The molecule has 1 rings (SSSR count). The first-order valence-electron chi connectivity index (χ1n) is 6.11. The molecule has 0 saturated heterocycles. The molecule has 0 saturated carbocycles. The van der Waals surface area contributed by atoms with Crippen LogP contribution in [0.5, 0.6) is 0 Å². The Labute approximate surface area is 119 Å². The van der Waals surface area contributed by atoms with Crippen molar-refractivity contribution < 1.29 is 9.53 Å². The van der Waals surface area contributed by atoms with Crippen LogP contribution in [0.25, 0.3) is 0 Å². The summed E-state index contributed by atoms with van der Waals surface area (Å²) >= 11 is 5.84. The molecule has 4 heteroatoms. The Bertz CT molecular complexity index is 448. The summed E-state index contributed by atoms with van der Waals surface area (Å²) in [5, 5.41) is 0.636. The van der Waals surface area contributed by atoms with Crippen molar-refractivity contribution in [3.63, 3.8) is 0 Å². The fourth-order valence-corrected chi connectivity index (χ4v) is 1.82. The molecule has 0 amide bonds. The highest BCUT2D eigenvalue weighted by molar-refractivity contribution is 6.30. The van der Waals surface area contributed by atoms with E-state index in [1.807, 2.05) is 32.9 Å². The lowest BCUT2D eigenvalue weighted by Gasteiger charge is -2.25. The highest BCUT2D eigenvalue weighted by Crippen LogP contribution is 2.23. The Hall–Kier alpha value is -1.32. The summed E-state index contributed by atoms with van der Waals surface area (Å²) in [5.41, 5.74) is 6.30. The van der Waals surface area contributed by atoms with Gasteiger partial charge in [0.2, 0.25) is 0 Å². The molecule has 2 N–H and O–H groups in total. The van der Waals surface area contributed by atoms with E-state index in [-0.39, 0.29) is 5.92 Å². The van der Waals surface area contributed by atoms with E-state index in [2.05, 4.69) is 6.58 Å². The van der Waals surface area contributed by atoms with Gasteiger partial charge in [-0.3, -0.25) is 4.79 Å². The van der Waals surface area contributed by atoms with Crippen molar-refractivity contribution >= 4 is 17.6 Å². The number of halogens is 1. The average Bonchev–Trinajstić information content (AvgIpc) is 2.30. The van der Waals surface area contributed by atoms with Gasteiger partial charge in [0.1, 0.15) is 11.6 Å². The maximum Gasteiger partial charge on any atom is 0.324 e. The summed E-state index contributed by atoms with van der Waals surface area (Å²) in [7, 11) is 0. The zero-order valence-electron chi connectivity index (χ0n) is 11.5. The molecule has 0 aliphatic rings. The number of ether oxygens (including phenoxy) is 1. The molecule has 104 valence electrons. The zero-order chi connectivity index (χ0) is 14.6. The predicted molar refractivity (Wildman–Crippen MR) is 78.2 cm³/mol. The van der Waals surface area contributed by atoms with E-state index < -0.39 is 17.6 Å². The smallest absolute Gasteiger partial charge is 0.324 e. The second-order valence-corrected chi connectivity index (χ2v) is 5.81. The molecule has 0 spiro atoms. The number of rotatable bonds is 4. The van der Waals surface area contributed by atoms with Gasteiger partial charge in [0.25, 0.3) is 0 Å². The maximum absolute atomic E-state index is 12.0. The van der Waals surface area contributed by atoms with Crippen molar-refractivity contribution in [3.05, 3.63) is 47.5 Å². The van der Waals surface area contributed by atoms with Crippen molar-refractivity contribution in [2.24, 2.45) is 5.73 Å². The number of hydrogen-bond donors (Lipinski definition) is 1. The van der Waals surface area contributed by atoms with Gasteiger partial charge >= 0.3 is 5.97 Å². The number of benzene rings is 1. The molecule has 0 unspecified atom stereocenters. The third-order valence-electron chi connectivity index (χ3n) is 2.57. The summed E-state index contributed by atoms with van der Waals surface area (Å²) in [6, 6.07) is 6.40. The molecule has 0 aliphatic carbocycles. The zero-order valence-corrected chi connectivity index (χ0v) is 12.3. The largest absolute Gasteiger partial charge is 0.459 e. The second kappa shape index (κ2) is 6.22. The van der Waals surface area contributed by atoms with E-state index in [0.29, 0.717) is 5.02 Å². The van der Waals surface area contributed by atoms with Crippen LogP contribution >= 0.6 is 11.6 Å². The molecule has 2 atom stereocenters. The molecule has 0 heterocycles. The molecule has 1 aromatic rings. The minimum atomic E-state index is -0.780. The van der Waals surface area contributed by atoms with Crippen LogP contribution in [0.15, 0.2) is 36.9 Å². The quantitative estimate of drug-likeness (QED) is 0.681. The third-order valence-corrected chi connectivity index (χ3v) is 2.83. The summed E-state index contributed by atoms with van der Waals surface area (Å²) < 4.78 is 5.29.